The highest BCUT2D eigenvalue weighted by Crippen LogP contribution is 2.29. The molecule has 0 radical (unpaired) electrons. The van der Waals surface area contributed by atoms with Crippen LogP contribution in [0.25, 0.3) is 0 Å². The van der Waals surface area contributed by atoms with Gasteiger partial charge in [-0.25, -0.2) is 0 Å². The van der Waals surface area contributed by atoms with E-state index in [1.54, 1.807) is 28.4 Å². The predicted molar refractivity (Wildman–Crippen MR) is 187 cm³/mol. The summed E-state index contributed by atoms with van der Waals surface area (Å²) in [6, 6.07) is 21.5. The highest BCUT2D eigenvalue weighted by molar-refractivity contribution is 7.00. The molecule has 44 heavy (non-hydrogen) atoms. The minimum absolute atomic E-state index is 0.0750. The van der Waals surface area contributed by atoms with Crippen molar-refractivity contribution in [3.05, 3.63) is 60.7 Å². The molecule has 0 aliphatic heterocycles. The molecular formula is C33H60N2O6Si3. The number of nitrogens with two attached hydrogens (primary N) is 2. The third-order valence-electron chi connectivity index (χ3n) is 8.35. The van der Waals surface area contributed by atoms with Gasteiger partial charge in [0.05, 0.1) is 0 Å². The Kier molecular flexibility index (Phi) is 19.1. The van der Waals surface area contributed by atoms with Crippen molar-refractivity contribution in [3.63, 3.8) is 0 Å². The first-order valence-corrected chi connectivity index (χ1v) is 22.2. The molecule has 0 saturated carbocycles. The quantitative estimate of drug-likeness (QED) is 0.0971. The fourth-order valence-electron chi connectivity index (χ4n) is 5.57. The summed E-state index contributed by atoms with van der Waals surface area (Å²) in [5.41, 5.74) is 12.2. The van der Waals surface area contributed by atoms with E-state index in [2.05, 4.69) is 31.2 Å². The van der Waals surface area contributed by atoms with Gasteiger partial charge in [-0.15, -0.1) is 0 Å². The molecule has 1 unspecified atom stereocenters. The van der Waals surface area contributed by atoms with E-state index in [1.807, 2.05) is 36.4 Å². The summed E-state index contributed by atoms with van der Waals surface area (Å²) in [5, 5.41) is 1.88. The third-order valence-corrected chi connectivity index (χ3v) is 19.7. The van der Waals surface area contributed by atoms with Crippen LogP contribution < -0.4 is 21.8 Å². The molecule has 8 nitrogen and oxygen atoms in total. The Labute approximate surface area is 271 Å². The first-order valence-electron chi connectivity index (χ1n) is 16.6. The molecule has 0 fully saturated rings. The Hall–Kier alpha value is -1.23. The van der Waals surface area contributed by atoms with Gasteiger partial charge in [0.2, 0.25) is 0 Å². The summed E-state index contributed by atoms with van der Waals surface area (Å²) in [6.45, 7) is 2.79. The first kappa shape index (κ1) is 39.0. The maximum Gasteiger partial charge on any atom is 0.491 e. The topological polar surface area (TPSA) is 107 Å². The minimum atomic E-state index is -3.53. The molecule has 0 saturated heterocycles. The van der Waals surface area contributed by atoms with Crippen molar-refractivity contribution in [2.24, 2.45) is 11.5 Å². The molecule has 2 rings (SSSR count). The molecule has 0 heterocycles. The minimum Gasteiger partial charge on any atom is -0.387 e. The predicted octanol–water partition coefficient (Wildman–Crippen LogP) is 5.73. The summed E-state index contributed by atoms with van der Waals surface area (Å²) in [7, 11) is -3.34. The zero-order valence-electron chi connectivity index (χ0n) is 28.1. The Morgan fingerprint density at radius 3 is 1.39 bits per heavy atom. The molecule has 0 spiro atoms. The summed E-state index contributed by atoms with van der Waals surface area (Å²) < 4.78 is 39.4. The van der Waals surface area contributed by atoms with Crippen LogP contribution in [-0.4, -0.2) is 67.2 Å². The number of rotatable bonds is 26. The van der Waals surface area contributed by atoms with Crippen LogP contribution in [0, 0.1) is 0 Å². The van der Waals surface area contributed by atoms with Crippen molar-refractivity contribution < 1.29 is 25.9 Å². The van der Waals surface area contributed by atoms with Gasteiger partial charge in [-0.05, 0) is 36.2 Å². The highest BCUT2D eigenvalue weighted by atomic mass is 28.5. The van der Waals surface area contributed by atoms with Gasteiger partial charge in [0.25, 0.3) is 0 Å². The third kappa shape index (κ3) is 12.2. The number of benzene rings is 2. The normalized spacial score (nSPS) is 13.3. The van der Waals surface area contributed by atoms with Crippen LogP contribution in [0.4, 0.5) is 0 Å². The Morgan fingerprint density at radius 1 is 0.568 bits per heavy atom. The summed E-state index contributed by atoms with van der Waals surface area (Å²) in [4.78, 5) is 0. The lowest BCUT2D eigenvalue weighted by Crippen LogP contribution is -2.73. The van der Waals surface area contributed by atoms with E-state index in [0.717, 1.165) is 29.6 Å². The average Bonchev–Trinajstić information content (AvgIpc) is 3.07. The van der Waals surface area contributed by atoms with Crippen molar-refractivity contribution in [2.75, 3.05) is 35.0 Å². The maximum absolute atomic E-state index is 7.33. The molecular weight excluding hydrogens is 605 g/mol. The van der Waals surface area contributed by atoms with E-state index in [1.165, 1.54) is 51.4 Å². The van der Waals surface area contributed by atoms with E-state index in [4.69, 9.17) is 37.4 Å². The Balaban J connectivity index is 2.38. The second-order valence-corrected chi connectivity index (χ2v) is 20.9. The standard InChI is InChI=1S/C33H60N2O6Si3/c1-6-7-8-9-10-11-12-13-14-21-29-42(36-2,37-3)40-44(32-22-17-15-18-23-32,33-24-19-16-20-25-33)41-43(38-4,39-5)30-27-31(35)26-28-34/h15-20,22-25,31H,6-14,21,26-30,34-35H2,1-5H3. The molecule has 0 aliphatic rings. The molecule has 0 aliphatic carbocycles. The smallest absolute Gasteiger partial charge is 0.387 e. The summed E-state index contributed by atoms with van der Waals surface area (Å²) in [5.74, 6) is 0. The van der Waals surface area contributed by atoms with Gasteiger partial charge in [-0.1, -0.05) is 125 Å². The molecule has 2 aromatic rings. The van der Waals surface area contributed by atoms with E-state index in [-0.39, 0.29) is 6.04 Å². The van der Waals surface area contributed by atoms with Crippen LogP contribution in [0.15, 0.2) is 60.7 Å². The van der Waals surface area contributed by atoms with Gasteiger partial charge in [0.15, 0.2) is 0 Å². The second kappa shape index (κ2) is 21.5. The van der Waals surface area contributed by atoms with Crippen LogP contribution >= 0.6 is 0 Å². The molecule has 11 heteroatoms. The van der Waals surface area contributed by atoms with Crippen LogP contribution in [0.3, 0.4) is 0 Å². The molecule has 4 N–H and O–H groups in total. The fourth-order valence-corrected chi connectivity index (χ4v) is 17.8. The van der Waals surface area contributed by atoms with Gasteiger partial charge >= 0.3 is 26.2 Å². The van der Waals surface area contributed by atoms with Crippen molar-refractivity contribution in [1.29, 1.82) is 0 Å². The van der Waals surface area contributed by atoms with Gasteiger partial charge < -0.3 is 37.4 Å². The van der Waals surface area contributed by atoms with Crippen LogP contribution in [0.5, 0.6) is 0 Å². The van der Waals surface area contributed by atoms with Crippen LogP contribution in [0.1, 0.15) is 84.0 Å². The zero-order valence-corrected chi connectivity index (χ0v) is 31.1. The van der Waals surface area contributed by atoms with Crippen molar-refractivity contribution in [2.45, 2.75) is 102 Å². The Morgan fingerprint density at radius 2 is 0.977 bits per heavy atom. The second-order valence-electron chi connectivity index (χ2n) is 11.5. The lowest BCUT2D eigenvalue weighted by molar-refractivity contribution is 0.119. The zero-order chi connectivity index (χ0) is 32.2. The lowest BCUT2D eigenvalue weighted by atomic mass is 10.1. The fraction of sp³-hybridized carbons (Fsp3) is 0.636. The lowest BCUT2D eigenvalue weighted by Gasteiger charge is -2.43. The number of unbranched alkanes of at least 4 members (excludes halogenated alkanes) is 9. The summed E-state index contributed by atoms with van der Waals surface area (Å²) in [6.07, 6.45) is 13.9. The van der Waals surface area contributed by atoms with Gasteiger partial charge in [0, 0.05) is 46.6 Å². The molecule has 0 amide bonds. The molecule has 250 valence electrons. The number of hydrogen-bond acceptors (Lipinski definition) is 8. The van der Waals surface area contributed by atoms with Gasteiger partial charge in [0.1, 0.15) is 0 Å². The summed E-state index contributed by atoms with van der Waals surface area (Å²) >= 11 is 0. The van der Waals surface area contributed by atoms with Crippen LogP contribution in [-0.2, 0) is 25.9 Å². The maximum atomic E-state index is 7.33. The van der Waals surface area contributed by atoms with Crippen LogP contribution in [0.2, 0.25) is 12.1 Å². The van der Waals surface area contributed by atoms with Crippen molar-refractivity contribution >= 4 is 36.5 Å². The largest absolute Gasteiger partial charge is 0.491 e. The van der Waals surface area contributed by atoms with E-state index < -0.39 is 26.2 Å². The molecule has 0 bridgehead atoms. The SMILES string of the molecule is CCCCCCCCCCCC[Si](OC)(OC)O[Si](O[Si](CCC(N)CCN)(OC)OC)(c1ccccc1)c1ccccc1. The van der Waals surface area contributed by atoms with Gasteiger partial charge in [-0.2, -0.15) is 0 Å². The average molecular weight is 665 g/mol. The molecule has 0 aromatic heterocycles. The van der Waals surface area contributed by atoms with Crippen molar-refractivity contribution in [1.82, 2.24) is 0 Å². The number of hydrogen-bond donors (Lipinski definition) is 2. The first-order chi connectivity index (χ1) is 21.4. The highest BCUT2D eigenvalue weighted by Gasteiger charge is 2.58. The van der Waals surface area contributed by atoms with Crippen molar-refractivity contribution in [3.8, 4) is 0 Å². The van der Waals surface area contributed by atoms with E-state index >= 15 is 0 Å². The monoisotopic (exact) mass is 664 g/mol. The molecule has 1 atom stereocenters. The van der Waals surface area contributed by atoms with Gasteiger partial charge in [-0.3, -0.25) is 0 Å². The van der Waals surface area contributed by atoms with E-state index in [9.17, 15) is 0 Å². The van der Waals surface area contributed by atoms with E-state index in [0.29, 0.717) is 25.1 Å². The molecule has 2 aromatic carbocycles. The Bertz CT molecular complexity index is 945.